The predicted molar refractivity (Wildman–Crippen MR) is 79.5 cm³/mol. The number of ether oxygens (including phenoxy) is 1. The number of aromatic nitrogens is 2. The molecule has 2 rings (SSSR count). The first kappa shape index (κ1) is 16.4. The summed E-state index contributed by atoms with van der Waals surface area (Å²) in [6.07, 6.45) is 1.50. The Morgan fingerprint density at radius 1 is 1.48 bits per heavy atom. The molecule has 1 aliphatic rings. The van der Waals surface area contributed by atoms with Gasteiger partial charge in [-0.15, -0.1) is 0 Å². The lowest BCUT2D eigenvalue weighted by molar-refractivity contribution is 0.181. The van der Waals surface area contributed by atoms with Gasteiger partial charge < -0.3 is 10.5 Å². The van der Waals surface area contributed by atoms with Crippen LogP contribution in [-0.4, -0.2) is 55.4 Å². The van der Waals surface area contributed by atoms with Gasteiger partial charge in [0.25, 0.3) is 0 Å². The molecule has 21 heavy (non-hydrogen) atoms. The highest BCUT2D eigenvalue weighted by molar-refractivity contribution is 7.89. The molecule has 7 nitrogen and oxygen atoms in total. The quantitative estimate of drug-likeness (QED) is 0.813. The van der Waals surface area contributed by atoms with Crippen molar-refractivity contribution >= 4 is 10.0 Å². The lowest BCUT2D eigenvalue weighted by Crippen LogP contribution is -2.37. The van der Waals surface area contributed by atoms with E-state index in [-0.39, 0.29) is 6.04 Å². The van der Waals surface area contributed by atoms with Gasteiger partial charge in [0.05, 0.1) is 24.0 Å². The Morgan fingerprint density at radius 2 is 2.19 bits per heavy atom. The van der Waals surface area contributed by atoms with Crippen molar-refractivity contribution in [1.29, 1.82) is 0 Å². The summed E-state index contributed by atoms with van der Waals surface area (Å²) in [5.41, 5.74) is 6.72. The molecule has 8 heteroatoms. The predicted octanol–water partition coefficient (Wildman–Crippen LogP) is 0.258. The maximum absolute atomic E-state index is 12.8. The lowest BCUT2D eigenvalue weighted by atomic mass is 10.3. The zero-order valence-corrected chi connectivity index (χ0v) is 13.7. The summed E-state index contributed by atoms with van der Waals surface area (Å²) in [5.74, 6) is 0. The van der Waals surface area contributed by atoms with Crippen LogP contribution in [0.3, 0.4) is 0 Å². The molecule has 1 aromatic rings. The molecule has 0 spiro atoms. The second-order valence-corrected chi connectivity index (χ2v) is 7.34. The molecule has 1 unspecified atom stereocenters. The van der Waals surface area contributed by atoms with Crippen LogP contribution in [0.1, 0.15) is 24.2 Å². The van der Waals surface area contributed by atoms with Crippen molar-refractivity contribution < 1.29 is 13.2 Å². The van der Waals surface area contributed by atoms with Crippen LogP contribution in [0.5, 0.6) is 0 Å². The van der Waals surface area contributed by atoms with E-state index in [1.165, 1.54) is 4.31 Å². The van der Waals surface area contributed by atoms with E-state index in [4.69, 9.17) is 10.5 Å². The zero-order chi connectivity index (χ0) is 15.6. The third kappa shape index (κ3) is 3.13. The zero-order valence-electron chi connectivity index (χ0n) is 12.9. The first-order chi connectivity index (χ1) is 9.89. The second-order valence-electron chi connectivity index (χ2n) is 5.40. The Kier molecular flexibility index (Phi) is 5.03. The minimum Gasteiger partial charge on any atom is -0.380 e. The third-order valence-electron chi connectivity index (χ3n) is 3.95. The van der Waals surface area contributed by atoms with Crippen LogP contribution >= 0.6 is 0 Å². The molecule has 0 amide bonds. The molecule has 0 saturated carbocycles. The van der Waals surface area contributed by atoms with Crippen molar-refractivity contribution in [1.82, 2.24) is 14.1 Å². The van der Waals surface area contributed by atoms with Gasteiger partial charge in [0.2, 0.25) is 10.0 Å². The van der Waals surface area contributed by atoms with E-state index in [1.807, 2.05) is 0 Å². The number of sulfonamides is 1. The summed E-state index contributed by atoms with van der Waals surface area (Å²) in [6.45, 7) is 5.78. The van der Waals surface area contributed by atoms with Crippen molar-refractivity contribution in [3.8, 4) is 0 Å². The Labute approximate surface area is 126 Å². The minimum absolute atomic E-state index is 0.0961. The Bertz CT molecular complexity index is 591. The molecular weight excluding hydrogens is 292 g/mol. The van der Waals surface area contributed by atoms with Crippen LogP contribution < -0.4 is 5.73 Å². The highest BCUT2D eigenvalue weighted by Crippen LogP contribution is 2.26. The van der Waals surface area contributed by atoms with Gasteiger partial charge in [-0.2, -0.15) is 9.40 Å². The van der Waals surface area contributed by atoms with E-state index in [2.05, 4.69) is 5.10 Å². The molecule has 0 aliphatic carbocycles. The van der Waals surface area contributed by atoms with Crippen molar-refractivity contribution in [3.05, 3.63) is 11.4 Å². The third-order valence-corrected chi connectivity index (χ3v) is 6.11. The van der Waals surface area contributed by atoms with Gasteiger partial charge in [0.15, 0.2) is 0 Å². The Hall–Kier alpha value is -0.960. The normalized spacial score (nSPS) is 19.6. The molecule has 1 atom stereocenters. The van der Waals surface area contributed by atoms with Crippen molar-refractivity contribution in [2.45, 2.75) is 44.2 Å². The molecular formula is C13H24N4O3S. The van der Waals surface area contributed by atoms with Crippen LogP contribution in [0.2, 0.25) is 0 Å². The van der Waals surface area contributed by atoms with Gasteiger partial charge >= 0.3 is 0 Å². The number of rotatable bonds is 6. The van der Waals surface area contributed by atoms with E-state index in [0.29, 0.717) is 42.6 Å². The summed E-state index contributed by atoms with van der Waals surface area (Å²) < 4.78 is 34.1. The van der Waals surface area contributed by atoms with Crippen LogP contribution in [0, 0.1) is 13.8 Å². The fraction of sp³-hybridized carbons (Fsp3) is 0.769. The van der Waals surface area contributed by atoms with Gasteiger partial charge in [-0.05, 0) is 33.2 Å². The number of likely N-dealkylation sites (N-methyl/N-ethyl adjacent to an activating group) is 1. The molecule has 0 radical (unpaired) electrons. The topological polar surface area (TPSA) is 90.5 Å². The SMILES string of the molecule is Cc1nn(CCCN)c(C)c1S(=O)(=O)N(C)C1CCOC1. The van der Waals surface area contributed by atoms with E-state index in [9.17, 15) is 8.42 Å². The first-order valence-corrected chi connectivity index (χ1v) is 8.63. The minimum atomic E-state index is -3.55. The van der Waals surface area contributed by atoms with Gasteiger partial charge in [-0.3, -0.25) is 4.68 Å². The maximum atomic E-state index is 12.8. The molecule has 1 aliphatic heterocycles. The molecule has 120 valence electrons. The van der Waals surface area contributed by atoms with E-state index in [1.54, 1.807) is 25.6 Å². The molecule has 0 aromatic carbocycles. The first-order valence-electron chi connectivity index (χ1n) is 7.19. The monoisotopic (exact) mass is 316 g/mol. The Morgan fingerprint density at radius 3 is 2.76 bits per heavy atom. The summed E-state index contributed by atoms with van der Waals surface area (Å²) in [4.78, 5) is 0.314. The smallest absolute Gasteiger partial charge is 0.246 e. The van der Waals surface area contributed by atoms with Gasteiger partial charge in [0.1, 0.15) is 4.90 Å². The Balaban J connectivity index is 2.33. The van der Waals surface area contributed by atoms with E-state index < -0.39 is 10.0 Å². The standard InChI is InChI=1S/C13H24N4O3S/c1-10-13(11(2)17(15-10)7-4-6-14)21(18,19)16(3)12-5-8-20-9-12/h12H,4-9,14H2,1-3H3. The number of hydrogen-bond donors (Lipinski definition) is 1. The van der Waals surface area contributed by atoms with Gasteiger partial charge in [-0.25, -0.2) is 8.42 Å². The second kappa shape index (κ2) is 6.43. The summed E-state index contributed by atoms with van der Waals surface area (Å²) in [7, 11) is -1.93. The van der Waals surface area contributed by atoms with Crippen molar-refractivity contribution in [2.75, 3.05) is 26.8 Å². The van der Waals surface area contributed by atoms with Crippen LogP contribution in [0.25, 0.3) is 0 Å². The number of nitrogens with two attached hydrogens (primary N) is 1. The lowest BCUT2D eigenvalue weighted by Gasteiger charge is -2.22. The highest BCUT2D eigenvalue weighted by Gasteiger charge is 2.34. The van der Waals surface area contributed by atoms with Gasteiger partial charge in [-0.1, -0.05) is 0 Å². The van der Waals surface area contributed by atoms with E-state index >= 15 is 0 Å². The average Bonchev–Trinajstić information content (AvgIpc) is 3.04. The molecule has 1 aromatic heterocycles. The van der Waals surface area contributed by atoms with Gasteiger partial charge in [0, 0.05) is 20.2 Å². The molecule has 2 N–H and O–H groups in total. The number of aryl methyl sites for hydroxylation is 2. The fourth-order valence-electron chi connectivity index (χ4n) is 2.66. The number of nitrogens with zero attached hydrogens (tertiary/aromatic N) is 3. The average molecular weight is 316 g/mol. The molecule has 0 bridgehead atoms. The summed E-state index contributed by atoms with van der Waals surface area (Å²) in [5, 5.41) is 4.35. The fourth-order valence-corrected chi connectivity index (χ4v) is 4.40. The largest absolute Gasteiger partial charge is 0.380 e. The van der Waals surface area contributed by atoms with E-state index in [0.717, 1.165) is 12.8 Å². The highest BCUT2D eigenvalue weighted by atomic mass is 32.2. The number of hydrogen-bond acceptors (Lipinski definition) is 5. The van der Waals surface area contributed by atoms with Crippen LogP contribution in [-0.2, 0) is 21.3 Å². The van der Waals surface area contributed by atoms with Crippen molar-refractivity contribution in [3.63, 3.8) is 0 Å². The molecule has 2 heterocycles. The van der Waals surface area contributed by atoms with Crippen LogP contribution in [0.4, 0.5) is 0 Å². The molecule has 1 saturated heterocycles. The van der Waals surface area contributed by atoms with Crippen molar-refractivity contribution in [2.24, 2.45) is 5.73 Å². The van der Waals surface area contributed by atoms with Crippen LogP contribution in [0.15, 0.2) is 4.90 Å². The maximum Gasteiger partial charge on any atom is 0.246 e. The summed E-state index contributed by atoms with van der Waals surface area (Å²) in [6, 6.07) is -0.0961. The molecule has 1 fully saturated rings. The summed E-state index contributed by atoms with van der Waals surface area (Å²) >= 11 is 0.